The van der Waals surface area contributed by atoms with E-state index < -0.39 is 7.82 Å². The summed E-state index contributed by atoms with van der Waals surface area (Å²) < 4.78 is 23.3. The molecule has 0 aromatic rings. The first-order valence-corrected chi connectivity index (χ1v) is 14.9. The van der Waals surface area contributed by atoms with Crippen molar-refractivity contribution < 1.29 is 23.0 Å². The van der Waals surface area contributed by atoms with E-state index in [-0.39, 0.29) is 6.61 Å². The number of unbranched alkanes of at least 4 members (excludes halogenated alkanes) is 12. The Morgan fingerprint density at radius 2 is 1.25 bits per heavy atom. The summed E-state index contributed by atoms with van der Waals surface area (Å²) in [6, 6.07) is 0. The third-order valence-electron chi connectivity index (χ3n) is 6.51. The van der Waals surface area contributed by atoms with Crippen LogP contribution in [0.3, 0.4) is 0 Å². The van der Waals surface area contributed by atoms with Crippen LogP contribution in [-0.2, 0) is 13.6 Å². The van der Waals surface area contributed by atoms with E-state index in [2.05, 4.69) is 25.8 Å². The maximum absolute atomic E-state index is 12.0. The average Bonchev–Trinajstić information content (AvgIpc) is 2.76. The van der Waals surface area contributed by atoms with Crippen LogP contribution < -0.4 is 0 Å². The van der Waals surface area contributed by atoms with Gasteiger partial charge in [-0.3, -0.25) is 9.05 Å². The minimum atomic E-state index is -3.91. The fourth-order valence-electron chi connectivity index (χ4n) is 4.29. The number of likely N-dealkylation sites (N-methyl/N-ethyl adjacent to an activating group) is 1. The van der Waals surface area contributed by atoms with Gasteiger partial charge in [0.2, 0.25) is 0 Å². The smallest absolute Gasteiger partial charge is 0.324 e. The summed E-state index contributed by atoms with van der Waals surface area (Å²) in [5.74, 6) is 6.63. The minimum absolute atomic E-state index is 0.284. The van der Waals surface area contributed by atoms with Crippen molar-refractivity contribution >= 4 is 7.82 Å². The molecule has 0 radical (unpaired) electrons. The van der Waals surface area contributed by atoms with Gasteiger partial charge in [-0.2, -0.15) is 0 Å². The van der Waals surface area contributed by atoms with E-state index in [1.165, 1.54) is 77.0 Å². The van der Waals surface area contributed by atoms with Gasteiger partial charge in [0.25, 0.3) is 0 Å². The number of rotatable bonds is 19. The number of nitrogens with zero attached hydrogens (tertiary/aromatic N) is 1. The molecule has 188 valence electrons. The molecule has 0 spiro atoms. The zero-order chi connectivity index (χ0) is 23.4. The number of phosphoric acid groups is 1. The van der Waals surface area contributed by atoms with Crippen LogP contribution in [-0.4, -0.2) is 49.3 Å². The van der Waals surface area contributed by atoms with Crippen LogP contribution in [0.4, 0.5) is 0 Å². The summed E-state index contributed by atoms with van der Waals surface area (Å²) in [5.41, 5.74) is 0. The molecule has 32 heavy (non-hydrogen) atoms. The monoisotopic (exact) mass is 472 g/mol. The first kappa shape index (κ1) is 29.7. The highest BCUT2D eigenvalue weighted by atomic mass is 31.2. The molecule has 1 aliphatic heterocycles. The molecule has 0 saturated carbocycles. The van der Waals surface area contributed by atoms with E-state index >= 15 is 0 Å². The van der Waals surface area contributed by atoms with Crippen LogP contribution in [0.5, 0.6) is 0 Å². The van der Waals surface area contributed by atoms with E-state index in [0.29, 0.717) is 6.61 Å². The number of piperidine rings is 1. The summed E-state index contributed by atoms with van der Waals surface area (Å²) in [4.78, 5) is 9.84. The van der Waals surface area contributed by atoms with Crippen LogP contribution in [0.2, 0.25) is 0 Å². The summed E-state index contributed by atoms with van der Waals surface area (Å²) in [5, 5.41) is 0. The van der Waals surface area contributed by atoms with E-state index in [1.807, 2.05) is 0 Å². The van der Waals surface area contributed by atoms with Gasteiger partial charge in [0.15, 0.2) is 0 Å². The van der Waals surface area contributed by atoms with Gasteiger partial charge in [-0.25, -0.2) is 4.57 Å². The van der Waals surface area contributed by atoms with Gasteiger partial charge < -0.3 is 9.38 Å². The fourth-order valence-corrected chi connectivity index (χ4v) is 5.03. The lowest BCUT2D eigenvalue weighted by Gasteiger charge is -2.37. The molecule has 0 bridgehead atoms. The quantitative estimate of drug-likeness (QED) is 0.0932. The van der Waals surface area contributed by atoms with Crippen LogP contribution >= 0.6 is 7.82 Å². The highest BCUT2D eigenvalue weighted by molar-refractivity contribution is 7.47. The van der Waals surface area contributed by atoms with Crippen LogP contribution in [0.1, 0.15) is 116 Å². The van der Waals surface area contributed by atoms with Crippen molar-refractivity contribution in [1.29, 1.82) is 0 Å². The lowest BCUT2D eigenvalue weighted by molar-refractivity contribution is -0.914. The van der Waals surface area contributed by atoms with Crippen molar-refractivity contribution in [2.75, 3.05) is 39.9 Å². The Kier molecular flexibility index (Phi) is 17.6. The largest absolute Gasteiger partial charge is 0.472 e. The molecule has 0 amide bonds. The van der Waals surface area contributed by atoms with Crippen molar-refractivity contribution in [3.8, 4) is 11.8 Å². The first-order chi connectivity index (χ1) is 15.5. The van der Waals surface area contributed by atoms with Gasteiger partial charge in [0.1, 0.15) is 13.2 Å². The molecule has 1 unspecified atom stereocenters. The maximum atomic E-state index is 12.0. The van der Waals surface area contributed by atoms with Crippen LogP contribution in [0, 0.1) is 11.8 Å². The Balaban J connectivity index is 1.87. The third kappa shape index (κ3) is 17.2. The molecule has 1 aliphatic rings. The maximum Gasteiger partial charge on any atom is 0.472 e. The Morgan fingerprint density at radius 1 is 0.750 bits per heavy atom. The molecule has 1 saturated heterocycles. The lowest BCUT2D eigenvalue weighted by atomic mass is 10.1. The summed E-state index contributed by atoms with van der Waals surface area (Å²) >= 11 is 0. The van der Waals surface area contributed by atoms with E-state index in [1.54, 1.807) is 0 Å². The SMILES string of the molecule is CCCCCCCCC#CCCCCCCCCOP(=O)(O)OCC[N+]1(C)CCCCC1. The molecule has 1 atom stereocenters. The standard InChI is InChI=1S/C26H50NO4P/c1-3-4-5-6-7-8-9-10-11-12-13-14-15-16-17-21-25-30-32(28,29)31-26-24-27(2)22-19-18-20-23-27/h3-9,12-26H2,1-2H3/p+1. The predicted octanol–water partition coefficient (Wildman–Crippen LogP) is 7.24. The summed E-state index contributed by atoms with van der Waals surface area (Å²) in [6.45, 7) is 5.87. The van der Waals surface area contributed by atoms with Gasteiger partial charge in [0.05, 0.1) is 26.7 Å². The minimum Gasteiger partial charge on any atom is -0.324 e. The Hall–Kier alpha value is -0.370. The van der Waals surface area contributed by atoms with Crippen molar-refractivity contribution in [3.05, 3.63) is 0 Å². The second-order valence-corrected chi connectivity index (χ2v) is 11.2. The van der Waals surface area contributed by atoms with Gasteiger partial charge >= 0.3 is 7.82 Å². The fraction of sp³-hybridized carbons (Fsp3) is 0.923. The Morgan fingerprint density at radius 3 is 1.84 bits per heavy atom. The highest BCUT2D eigenvalue weighted by Crippen LogP contribution is 2.43. The Bertz CT molecular complexity index is 552. The molecular weight excluding hydrogens is 421 g/mol. The molecule has 0 aromatic carbocycles. The van der Waals surface area contributed by atoms with Crippen molar-refractivity contribution in [2.45, 2.75) is 116 Å². The predicted molar refractivity (Wildman–Crippen MR) is 134 cm³/mol. The number of hydrogen-bond donors (Lipinski definition) is 1. The second kappa shape index (κ2) is 19.0. The molecule has 6 heteroatoms. The molecule has 1 N–H and O–H groups in total. The number of quaternary nitrogens is 1. The van der Waals surface area contributed by atoms with E-state index in [4.69, 9.17) is 9.05 Å². The Labute approximate surface area is 198 Å². The van der Waals surface area contributed by atoms with Crippen LogP contribution in [0.25, 0.3) is 0 Å². The van der Waals surface area contributed by atoms with Crippen molar-refractivity contribution in [2.24, 2.45) is 0 Å². The topological polar surface area (TPSA) is 55.8 Å². The summed E-state index contributed by atoms with van der Waals surface area (Å²) in [7, 11) is -1.70. The molecule has 1 heterocycles. The average molecular weight is 473 g/mol. The van der Waals surface area contributed by atoms with Crippen molar-refractivity contribution in [1.82, 2.24) is 0 Å². The highest BCUT2D eigenvalue weighted by Gasteiger charge is 2.27. The zero-order valence-electron chi connectivity index (χ0n) is 21.1. The molecule has 5 nitrogen and oxygen atoms in total. The van der Waals surface area contributed by atoms with Gasteiger partial charge in [-0.1, -0.05) is 64.7 Å². The molecular formula is C26H51NO4P+. The summed E-state index contributed by atoms with van der Waals surface area (Å²) in [6.07, 6.45) is 20.4. The van der Waals surface area contributed by atoms with E-state index in [9.17, 15) is 9.46 Å². The van der Waals surface area contributed by atoms with Gasteiger partial charge in [-0.05, 0) is 38.5 Å². The third-order valence-corrected chi connectivity index (χ3v) is 7.53. The van der Waals surface area contributed by atoms with Gasteiger partial charge in [-0.15, -0.1) is 11.8 Å². The second-order valence-electron chi connectivity index (χ2n) is 9.73. The number of likely N-dealkylation sites (tertiary alicyclic amines) is 1. The number of hydrogen-bond acceptors (Lipinski definition) is 3. The molecule has 1 rings (SSSR count). The number of phosphoric ester groups is 1. The lowest BCUT2D eigenvalue weighted by Crippen LogP contribution is -2.49. The zero-order valence-corrected chi connectivity index (χ0v) is 22.0. The van der Waals surface area contributed by atoms with Crippen LogP contribution in [0.15, 0.2) is 0 Å². The molecule has 0 aromatic heterocycles. The molecule has 1 fully saturated rings. The van der Waals surface area contributed by atoms with Crippen molar-refractivity contribution in [3.63, 3.8) is 0 Å². The van der Waals surface area contributed by atoms with Gasteiger partial charge in [0, 0.05) is 12.8 Å². The first-order valence-electron chi connectivity index (χ1n) is 13.4. The molecule has 0 aliphatic carbocycles. The normalized spacial score (nSPS) is 17.5. The van der Waals surface area contributed by atoms with E-state index in [0.717, 1.165) is 56.2 Å².